The SMILES string of the molecule is Cn1c([C@H](C#N)C(=O)CCCC(=O)O)nc2ccccc21. The normalized spacial score (nSPS) is 12.0. The summed E-state index contributed by atoms with van der Waals surface area (Å²) in [5.74, 6) is -1.80. The van der Waals surface area contributed by atoms with E-state index in [1.807, 2.05) is 30.3 Å². The number of rotatable bonds is 6. The van der Waals surface area contributed by atoms with Crippen LogP contribution in [0.15, 0.2) is 24.3 Å². The maximum Gasteiger partial charge on any atom is 0.303 e. The summed E-state index contributed by atoms with van der Waals surface area (Å²) >= 11 is 0. The number of aromatic nitrogens is 2. The van der Waals surface area contributed by atoms with Gasteiger partial charge in [0, 0.05) is 19.9 Å². The average Bonchev–Trinajstić information content (AvgIpc) is 2.77. The molecule has 21 heavy (non-hydrogen) atoms. The minimum Gasteiger partial charge on any atom is -0.481 e. The smallest absolute Gasteiger partial charge is 0.303 e. The van der Waals surface area contributed by atoms with Gasteiger partial charge in [-0.15, -0.1) is 0 Å². The minimum absolute atomic E-state index is 0.0632. The fourth-order valence-corrected chi connectivity index (χ4v) is 2.25. The second-order valence-corrected chi connectivity index (χ2v) is 4.79. The van der Waals surface area contributed by atoms with E-state index in [9.17, 15) is 14.9 Å². The van der Waals surface area contributed by atoms with Gasteiger partial charge in [-0.05, 0) is 18.6 Å². The van der Waals surface area contributed by atoms with Crippen LogP contribution in [-0.4, -0.2) is 26.4 Å². The molecule has 1 N–H and O–H groups in total. The molecular weight excluding hydrogens is 270 g/mol. The van der Waals surface area contributed by atoms with Crippen molar-refractivity contribution in [2.24, 2.45) is 7.05 Å². The third-order valence-corrected chi connectivity index (χ3v) is 3.34. The van der Waals surface area contributed by atoms with E-state index in [0.717, 1.165) is 11.0 Å². The molecule has 1 heterocycles. The van der Waals surface area contributed by atoms with Crippen molar-refractivity contribution in [1.82, 2.24) is 9.55 Å². The first kappa shape index (κ1) is 14.7. The van der Waals surface area contributed by atoms with Crippen molar-refractivity contribution in [3.8, 4) is 6.07 Å². The van der Waals surface area contributed by atoms with Crippen molar-refractivity contribution in [2.45, 2.75) is 25.2 Å². The molecule has 0 radical (unpaired) electrons. The summed E-state index contributed by atoms with van der Waals surface area (Å²) in [5, 5.41) is 17.9. The Morgan fingerprint density at radius 3 is 2.71 bits per heavy atom. The Morgan fingerprint density at radius 1 is 1.38 bits per heavy atom. The van der Waals surface area contributed by atoms with Crippen LogP contribution in [0.2, 0.25) is 0 Å². The molecule has 2 aromatic rings. The van der Waals surface area contributed by atoms with Gasteiger partial charge in [0.25, 0.3) is 0 Å². The van der Waals surface area contributed by atoms with Gasteiger partial charge in [0.05, 0.1) is 17.1 Å². The molecule has 108 valence electrons. The number of carboxylic acids is 1. The first-order chi connectivity index (χ1) is 10.0. The van der Waals surface area contributed by atoms with Crippen LogP contribution in [0, 0.1) is 11.3 Å². The molecule has 0 unspecified atom stereocenters. The van der Waals surface area contributed by atoms with E-state index in [1.54, 1.807) is 11.6 Å². The predicted molar refractivity (Wildman–Crippen MR) is 75.6 cm³/mol. The number of nitriles is 1. The van der Waals surface area contributed by atoms with Gasteiger partial charge in [0.15, 0.2) is 11.7 Å². The molecule has 1 aromatic heterocycles. The van der Waals surface area contributed by atoms with E-state index < -0.39 is 11.9 Å². The zero-order valence-electron chi connectivity index (χ0n) is 11.6. The number of carbonyl (C=O) groups excluding carboxylic acids is 1. The lowest BCUT2D eigenvalue weighted by atomic mass is 10.00. The highest BCUT2D eigenvalue weighted by atomic mass is 16.4. The Labute approximate surface area is 121 Å². The number of nitrogens with zero attached hydrogens (tertiary/aromatic N) is 3. The van der Waals surface area contributed by atoms with Gasteiger partial charge in [0.2, 0.25) is 0 Å². The summed E-state index contributed by atoms with van der Waals surface area (Å²) < 4.78 is 1.73. The quantitative estimate of drug-likeness (QED) is 0.875. The van der Waals surface area contributed by atoms with Crippen molar-refractivity contribution in [3.05, 3.63) is 30.1 Å². The Kier molecular flexibility index (Phi) is 4.33. The highest BCUT2D eigenvalue weighted by Crippen LogP contribution is 2.22. The van der Waals surface area contributed by atoms with Crippen LogP contribution in [0.3, 0.4) is 0 Å². The minimum atomic E-state index is -0.962. The zero-order valence-corrected chi connectivity index (χ0v) is 11.6. The summed E-state index contributed by atoms with van der Waals surface area (Å²) in [4.78, 5) is 26.9. The van der Waals surface area contributed by atoms with Crippen molar-refractivity contribution >= 4 is 22.8 Å². The predicted octanol–water partition coefficient (Wildman–Crippen LogP) is 2.00. The number of hydrogen-bond donors (Lipinski definition) is 1. The number of hydrogen-bond acceptors (Lipinski definition) is 4. The molecule has 6 nitrogen and oxygen atoms in total. The molecule has 0 aliphatic carbocycles. The Bertz CT molecular complexity index is 727. The number of Topliss-reactive ketones (excluding diaryl/α,β-unsaturated/α-hetero) is 1. The molecule has 0 aliphatic heterocycles. The molecule has 0 saturated carbocycles. The maximum absolute atomic E-state index is 12.1. The number of fused-ring (bicyclic) bond motifs is 1. The number of aliphatic carboxylic acids is 1. The summed E-state index contributed by atoms with van der Waals surface area (Å²) in [6.07, 6.45) is 0.219. The third-order valence-electron chi connectivity index (χ3n) is 3.34. The average molecular weight is 285 g/mol. The number of carboxylic acid groups (broad SMARTS) is 1. The number of imidazole rings is 1. The third kappa shape index (κ3) is 3.08. The van der Waals surface area contributed by atoms with Crippen LogP contribution in [0.5, 0.6) is 0 Å². The lowest BCUT2D eigenvalue weighted by Crippen LogP contribution is -2.15. The Hall–Kier alpha value is -2.68. The zero-order chi connectivity index (χ0) is 15.4. The van der Waals surface area contributed by atoms with Crippen LogP contribution >= 0.6 is 0 Å². The van der Waals surface area contributed by atoms with E-state index in [0.29, 0.717) is 5.82 Å². The second-order valence-electron chi connectivity index (χ2n) is 4.79. The number of aryl methyl sites for hydroxylation is 1. The molecule has 0 spiro atoms. The monoisotopic (exact) mass is 285 g/mol. The van der Waals surface area contributed by atoms with Gasteiger partial charge in [-0.25, -0.2) is 4.98 Å². The first-order valence-electron chi connectivity index (χ1n) is 6.60. The molecule has 0 bridgehead atoms. The fourth-order valence-electron chi connectivity index (χ4n) is 2.25. The van der Waals surface area contributed by atoms with Crippen LogP contribution in [0.25, 0.3) is 11.0 Å². The van der Waals surface area contributed by atoms with Crippen molar-refractivity contribution in [3.63, 3.8) is 0 Å². The van der Waals surface area contributed by atoms with E-state index in [2.05, 4.69) is 4.98 Å². The number of carbonyl (C=O) groups is 2. The van der Waals surface area contributed by atoms with Crippen molar-refractivity contribution in [2.75, 3.05) is 0 Å². The summed E-state index contributed by atoms with van der Waals surface area (Å²) in [5.41, 5.74) is 1.58. The van der Waals surface area contributed by atoms with Gasteiger partial charge in [0.1, 0.15) is 5.82 Å². The molecule has 0 saturated heterocycles. The summed E-state index contributed by atoms with van der Waals surface area (Å²) in [7, 11) is 1.76. The lowest BCUT2D eigenvalue weighted by Gasteiger charge is -2.08. The summed E-state index contributed by atoms with van der Waals surface area (Å²) in [6.45, 7) is 0. The highest BCUT2D eigenvalue weighted by molar-refractivity contribution is 5.89. The second kappa shape index (κ2) is 6.18. The highest BCUT2D eigenvalue weighted by Gasteiger charge is 2.25. The van der Waals surface area contributed by atoms with E-state index in [-0.39, 0.29) is 25.0 Å². The molecule has 6 heteroatoms. The van der Waals surface area contributed by atoms with Crippen molar-refractivity contribution < 1.29 is 14.7 Å². The van der Waals surface area contributed by atoms with Gasteiger partial charge in [-0.3, -0.25) is 9.59 Å². The van der Waals surface area contributed by atoms with Gasteiger partial charge >= 0.3 is 5.97 Å². The largest absolute Gasteiger partial charge is 0.481 e. The lowest BCUT2D eigenvalue weighted by molar-refractivity contribution is -0.137. The fraction of sp³-hybridized carbons (Fsp3) is 0.333. The van der Waals surface area contributed by atoms with Crippen LogP contribution in [0.1, 0.15) is 31.0 Å². The van der Waals surface area contributed by atoms with Crippen LogP contribution in [0.4, 0.5) is 0 Å². The molecule has 1 atom stereocenters. The molecule has 0 fully saturated rings. The van der Waals surface area contributed by atoms with E-state index in [1.165, 1.54) is 0 Å². The van der Waals surface area contributed by atoms with Gasteiger partial charge in [-0.2, -0.15) is 5.26 Å². The van der Waals surface area contributed by atoms with E-state index >= 15 is 0 Å². The van der Waals surface area contributed by atoms with Crippen LogP contribution < -0.4 is 0 Å². The van der Waals surface area contributed by atoms with Crippen molar-refractivity contribution in [1.29, 1.82) is 5.26 Å². The summed E-state index contributed by atoms with van der Waals surface area (Å²) in [6, 6.07) is 9.38. The number of ketones is 1. The first-order valence-corrected chi connectivity index (χ1v) is 6.60. The van der Waals surface area contributed by atoms with Gasteiger partial charge in [-0.1, -0.05) is 12.1 Å². The van der Waals surface area contributed by atoms with E-state index in [4.69, 9.17) is 5.11 Å². The standard InChI is InChI=1S/C15H15N3O3/c1-18-12-6-3-2-5-11(12)17-15(18)10(9-16)13(19)7-4-8-14(20)21/h2-3,5-6,10H,4,7-8H2,1H3,(H,20,21)/t10-/m1/s1. The molecule has 0 amide bonds. The Balaban J connectivity index is 2.23. The molecule has 0 aliphatic rings. The van der Waals surface area contributed by atoms with Crippen LogP contribution in [-0.2, 0) is 16.6 Å². The topological polar surface area (TPSA) is 96.0 Å². The van der Waals surface area contributed by atoms with Gasteiger partial charge < -0.3 is 9.67 Å². The molecule has 1 aromatic carbocycles. The Morgan fingerprint density at radius 2 is 2.10 bits per heavy atom. The number of benzene rings is 1. The number of para-hydroxylation sites is 2. The molecule has 2 rings (SSSR count). The molecular formula is C15H15N3O3. The maximum atomic E-state index is 12.1.